The van der Waals surface area contributed by atoms with Crippen molar-refractivity contribution in [2.24, 2.45) is 0 Å². The molecule has 9 radical (unpaired) electrons. The molecule has 0 aliphatic carbocycles. The summed E-state index contributed by atoms with van der Waals surface area (Å²) in [4.78, 5) is 0. The molecule has 0 heterocycles. The van der Waals surface area contributed by atoms with Gasteiger partial charge in [-0.1, -0.05) is 0 Å². The maximum absolute atomic E-state index is 0. The van der Waals surface area contributed by atoms with Gasteiger partial charge in [0.1, 0.15) is 0 Å². The molecule has 0 N–H and O–H groups in total. The summed E-state index contributed by atoms with van der Waals surface area (Å²) in [7, 11) is 0. The van der Waals surface area contributed by atoms with Crippen molar-refractivity contribution in [3.8, 4) is 0 Å². The number of hydrogen-bond acceptors (Lipinski definition) is 0. The van der Waals surface area contributed by atoms with Crippen LogP contribution in [-0.2, 0) is 72.0 Å². The Labute approximate surface area is 89.4 Å². The van der Waals surface area contributed by atoms with Crippen LogP contribution in [0.2, 0.25) is 0 Å². The zero-order chi connectivity index (χ0) is 0. The number of hydrogen-bond donors (Lipinski definition) is 0. The van der Waals surface area contributed by atoms with Crippen LogP contribution in [0.3, 0.4) is 0 Å². The molecule has 0 aromatic carbocycles. The van der Waals surface area contributed by atoms with E-state index in [1.807, 2.05) is 0 Å². The largest absolute Gasteiger partial charge is 0 e. The molecule has 0 aliphatic heterocycles. The Kier molecular flexibility index (Phi) is 672. The summed E-state index contributed by atoms with van der Waals surface area (Å²) in [6, 6.07) is 0. The van der Waals surface area contributed by atoms with Gasteiger partial charge in [-0.25, -0.2) is 0 Å². The van der Waals surface area contributed by atoms with Crippen molar-refractivity contribution in [3.63, 3.8) is 0 Å². The van der Waals surface area contributed by atoms with Crippen molar-refractivity contribution < 1.29 is 72.0 Å². The van der Waals surface area contributed by atoms with Gasteiger partial charge in [0.15, 0.2) is 0 Å². The van der Waals surface area contributed by atoms with E-state index in [0.717, 1.165) is 0 Å². The van der Waals surface area contributed by atoms with Gasteiger partial charge in [0.05, 0.1) is 0 Å². The van der Waals surface area contributed by atoms with Crippen molar-refractivity contribution in [2.75, 3.05) is 0 Å². The molecular formula is CCrMnMoNiSi. The minimum Gasteiger partial charge on any atom is 0 e. The average Bonchev–Trinajstić information content (AvgIpc) is 0. The van der Waals surface area contributed by atoms with E-state index < -0.39 is 0 Å². The molecule has 0 nitrogen and oxygen atoms in total. The van der Waals surface area contributed by atoms with Crippen LogP contribution >= 0.6 is 0 Å². The van der Waals surface area contributed by atoms with Crippen LogP contribution < -0.4 is 0 Å². The molecule has 0 bridgehead atoms. The third kappa shape index (κ3) is 31.9. The third-order valence-electron chi connectivity index (χ3n) is 0. The predicted molar refractivity (Wildman–Crippen MR) is 9.00 cm³/mol. The van der Waals surface area contributed by atoms with Gasteiger partial charge in [-0.3, -0.25) is 0 Å². The van der Waals surface area contributed by atoms with Crippen LogP contribution in [0, 0.1) is 7.43 Å². The van der Waals surface area contributed by atoms with E-state index in [2.05, 4.69) is 0 Å². The molecule has 0 unspecified atom stereocenters. The fourth-order valence-corrected chi connectivity index (χ4v) is 0. The summed E-state index contributed by atoms with van der Waals surface area (Å²) in [6.45, 7) is 0. The van der Waals surface area contributed by atoms with Gasteiger partial charge in [0.25, 0.3) is 0 Å². The van der Waals surface area contributed by atoms with Crippen LogP contribution in [0.25, 0.3) is 0 Å². The molecule has 5 heteroatoms. The predicted octanol–water partition coefficient (Wildman–Crippen LogP) is -0.310. The second-order valence-corrected chi connectivity index (χ2v) is 0. The van der Waals surface area contributed by atoms with Gasteiger partial charge >= 0.3 is 0 Å². The third-order valence-corrected chi connectivity index (χ3v) is 0. The van der Waals surface area contributed by atoms with E-state index >= 15 is 0 Å². The summed E-state index contributed by atoms with van der Waals surface area (Å²) in [5.41, 5.74) is 0. The van der Waals surface area contributed by atoms with Crippen molar-refractivity contribution >= 4 is 11.0 Å². The summed E-state index contributed by atoms with van der Waals surface area (Å²) in [5, 5.41) is 0. The Hall–Kier alpha value is 2.45. The second kappa shape index (κ2) is 51.6. The Morgan fingerprint density at radius 3 is 1.00 bits per heavy atom. The first-order chi connectivity index (χ1) is 0. The van der Waals surface area contributed by atoms with Crippen molar-refractivity contribution in [1.29, 1.82) is 0 Å². The maximum atomic E-state index is 0. The fourth-order valence-electron chi connectivity index (χ4n) is 0. The summed E-state index contributed by atoms with van der Waals surface area (Å²) >= 11 is 0. The molecule has 0 aromatic rings. The quantitative estimate of drug-likeness (QED) is 0.539. The van der Waals surface area contributed by atoms with Crippen LogP contribution in [0.4, 0.5) is 0 Å². The minimum absolute atomic E-state index is 0. The van der Waals surface area contributed by atoms with E-state index in [4.69, 9.17) is 0 Å². The smallest absolute Gasteiger partial charge is 0 e. The Balaban J connectivity index is 0. The van der Waals surface area contributed by atoms with Crippen LogP contribution in [0.5, 0.6) is 0 Å². The Morgan fingerprint density at radius 1 is 1.00 bits per heavy atom. The molecule has 0 aromatic heterocycles. The zero-order valence-electron chi connectivity index (χ0n) is 2.51. The number of rotatable bonds is 0. The molecule has 0 atom stereocenters. The summed E-state index contributed by atoms with van der Waals surface area (Å²) in [5.74, 6) is 0. The molecule has 0 spiro atoms. The van der Waals surface area contributed by atoms with Gasteiger partial charge in [-0.2, -0.15) is 0 Å². The molecule has 6 heavy (non-hydrogen) atoms. The molecule has 0 amide bonds. The van der Waals surface area contributed by atoms with E-state index in [9.17, 15) is 0 Å². The maximum Gasteiger partial charge on any atom is 0 e. The molecule has 37 valence electrons. The fraction of sp³-hybridized carbons (Fsp3) is 0. The Bertz CT molecular complexity index is 15.5. The summed E-state index contributed by atoms with van der Waals surface area (Å²) < 4.78 is 0. The first-order valence-electron chi connectivity index (χ1n) is 0. The first-order valence-corrected chi connectivity index (χ1v) is 0. The van der Waals surface area contributed by atoms with E-state index in [0.29, 0.717) is 0 Å². The molecule has 0 rings (SSSR count). The first kappa shape index (κ1) is 78.1. The van der Waals surface area contributed by atoms with Crippen molar-refractivity contribution in [1.82, 2.24) is 0 Å². The van der Waals surface area contributed by atoms with Gasteiger partial charge in [0, 0.05) is 90.4 Å². The van der Waals surface area contributed by atoms with Gasteiger partial charge < -0.3 is 0 Å². The molecule has 0 saturated carbocycles. The van der Waals surface area contributed by atoms with Crippen LogP contribution in [0.15, 0.2) is 0 Å². The van der Waals surface area contributed by atoms with Crippen molar-refractivity contribution in [2.45, 2.75) is 0 Å². The molecule has 0 aliphatic rings. The molecule has 0 saturated heterocycles. The summed E-state index contributed by atoms with van der Waals surface area (Å²) in [6.07, 6.45) is 0. The van der Waals surface area contributed by atoms with Crippen molar-refractivity contribution in [3.05, 3.63) is 7.43 Å². The molecular weight excluding hydrogens is 302 g/mol. The minimum atomic E-state index is 0. The van der Waals surface area contributed by atoms with Crippen LogP contribution in [0.1, 0.15) is 0 Å². The monoisotopic (exact) mass is 303 g/mol. The second-order valence-electron chi connectivity index (χ2n) is 0. The van der Waals surface area contributed by atoms with E-state index in [-0.39, 0.29) is 90.4 Å². The van der Waals surface area contributed by atoms with Crippen LogP contribution in [-0.4, -0.2) is 11.0 Å². The topological polar surface area (TPSA) is 0 Å². The standard InChI is InChI=1S/C.Cr.Mn.Mo.Ni.Si. The van der Waals surface area contributed by atoms with E-state index in [1.54, 1.807) is 0 Å². The van der Waals surface area contributed by atoms with Gasteiger partial charge in [0.2, 0.25) is 0 Å². The normalized spacial score (nSPS) is 0. The van der Waals surface area contributed by atoms with Gasteiger partial charge in [-0.15, -0.1) is 0 Å². The van der Waals surface area contributed by atoms with E-state index in [1.165, 1.54) is 0 Å². The zero-order valence-corrected chi connectivity index (χ0v) is 8.96. The Morgan fingerprint density at radius 2 is 1.00 bits per heavy atom. The van der Waals surface area contributed by atoms with Gasteiger partial charge in [-0.05, 0) is 0 Å². The molecule has 0 fully saturated rings. The average molecular weight is 302 g/mol. The SMILES string of the molecule is [C].[Cr].[Mn].[Mo].[Ni].[Si].